The van der Waals surface area contributed by atoms with Gasteiger partial charge in [-0.05, 0) is 18.1 Å². The first-order valence-electron chi connectivity index (χ1n) is 6.03. The average molecular weight is 282 g/mol. The standard InChI is InChI=1S/C13H18N2O3S/c1-9(2)11(13(17)18)7-15-12(16)8-19-10-3-5-14-6-4-10/h3-6,9,11H,7-8H2,1-2H3,(H,15,16)(H,17,18). The summed E-state index contributed by atoms with van der Waals surface area (Å²) < 4.78 is 0. The smallest absolute Gasteiger partial charge is 0.308 e. The molecule has 104 valence electrons. The number of nitrogens with one attached hydrogen (secondary N) is 1. The molecule has 0 saturated heterocycles. The normalized spacial score (nSPS) is 12.2. The summed E-state index contributed by atoms with van der Waals surface area (Å²) in [5, 5.41) is 11.7. The van der Waals surface area contributed by atoms with Crippen molar-refractivity contribution in [1.29, 1.82) is 0 Å². The van der Waals surface area contributed by atoms with Crippen LogP contribution in [0.15, 0.2) is 29.4 Å². The van der Waals surface area contributed by atoms with Crippen molar-refractivity contribution in [3.63, 3.8) is 0 Å². The van der Waals surface area contributed by atoms with Gasteiger partial charge in [0.25, 0.3) is 0 Å². The minimum absolute atomic E-state index is 0.00866. The number of nitrogens with zero attached hydrogens (tertiary/aromatic N) is 1. The third-order valence-electron chi connectivity index (χ3n) is 2.66. The van der Waals surface area contributed by atoms with Crippen LogP contribution in [0, 0.1) is 11.8 Å². The molecule has 1 aromatic heterocycles. The molecule has 0 saturated carbocycles. The number of carboxylic acids is 1. The Morgan fingerprint density at radius 2 is 2.00 bits per heavy atom. The van der Waals surface area contributed by atoms with Crippen molar-refractivity contribution < 1.29 is 14.7 Å². The summed E-state index contributed by atoms with van der Waals surface area (Å²) in [6.45, 7) is 3.83. The van der Waals surface area contributed by atoms with Gasteiger partial charge in [-0.1, -0.05) is 13.8 Å². The molecule has 0 fully saturated rings. The zero-order valence-corrected chi connectivity index (χ0v) is 11.8. The highest BCUT2D eigenvalue weighted by atomic mass is 32.2. The topological polar surface area (TPSA) is 79.3 Å². The van der Waals surface area contributed by atoms with Gasteiger partial charge in [0.1, 0.15) is 0 Å². The molecule has 6 heteroatoms. The second-order valence-electron chi connectivity index (χ2n) is 4.46. The molecular weight excluding hydrogens is 264 g/mol. The third kappa shape index (κ3) is 5.74. The molecule has 0 aliphatic heterocycles. The first-order valence-corrected chi connectivity index (χ1v) is 7.01. The van der Waals surface area contributed by atoms with Crippen molar-refractivity contribution in [3.05, 3.63) is 24.5 Å². The van der Waals surface area contributed by atoms with Crippen molar-refractivity contribution >= 4 is 23.6 Å². The van der Waals surface area contributed by atoms with Gasteiger partial charge in [-0.3, -0.25) is 14.6 Å². The molecule has 1 heterocycles. The molecule has 0 aromatic carbocycles. The van der Waals surface area contributed by atoms with Crippen LogP contribution in [0.25, 0.3) is 0 Å². The largest absolute Gasteiger partial charge is 0.481 e. The Hall–Kier alpha value is -1.56. The van der Waals surface area contributed by atoms with E-state index in [1.807, 2.05) is 26.0 Å². The number of carbonyl (C=O) groups excluding carboxylic acids is 1. The Balaban J connectivity index is 2.33. The van der Waals surface area contributed by atoms with Crippen LogP contribution < -0.4 is 5.32 Å². The van der Waals surface area contributed by atoms with Gasteiger partial charge in [0.15, 0.2) is 0 Å². The lowest BCUT2D eigenvalue weighted by atomic mass is 9.96. The Morgan fingerprint density at radius 3 is 2.53 bits per heavy atom. The maximum Gasteiger partial charge on any atom is 0.308 e. The molecule has 1 rings (SSSR count). The number of rotatable bonds is 7. The van der Waals surface area contributed by atoms with Crippen LogP contribution in [0.5, 0.6) is 0 Å². The molecule has 0 radical (unpaired) electrons. The number of aliphatic carboxylic acids is 1. The predicted molar refractivity (Wildman–Crippen MR) is 73.9 cm³/mol. The maximum atomic E-state index is 11.6. The van der Waals surface area contributed by atoms with E-state index in [1.54, 1.807) is 12.4 Å². The lowest BCUT2D eigenvalue weighted by molar-refractivity contribution is -0.143. The van der Waals surface area contributed by atoms with E-state index < -0.39 is 11.9 Å². The van der Waals surface area contributed by atoms with Crippen molar-refractivity contribution in [2.24, 2.45) is 11.8 Å². The van der Waals surface area contributed by atoms with E-state index in [0.717, 1.165) is 4.90 Å². The molecule has 0 bridgehead atoms. The van der Waals surface area contributed by atoms with E-state index >= 15 is 0 Å². The quantitative estimate of drug-likeness (QED) is 0.743. The molecule has 19 heavy (non-hydrogen) atoms. The van der Waals surface area contributed by atoms with Gasteiger partial charge in [-0.15, -0.1) is 11.8 Å². The lowest BCUT2D eigenvalue weighted by Gasteiger charge is -2.16. The summed E-state index contributed by atoms with van der Waals surface area (Å²) in [6.07, 6.45) is 3.33. The highest BCUT2D eigenvalue weighted by molar-refractivity contribution is 8.00. The molecule has 0 spiro atoms. The molecule has 1 atom stereocenters. The number of hydrogen-bond acceptors (Lipinski definition) is 4. The summed E-state index contributed by atoms with van der Waals surface area (Å²) in [5.41, 5.74) is 0. The molecule has 0 aliphatic carbocycles. The van der Waals surface area contributed by atoms with E-state index in [1.165, 1.54) is 11.8 Å². The van der Waals surface area contributed by atoms with E-state index in [2.05, 4.69) is 10.3 Å². The fourth-order valence-electron chi connectivity index (χ4n) is 1.47. The maximum absolute atomic E-state index is 11.6. The van der Waals surface area contributed by atoms with E-state index in [0.29, 0.717) is 0 Å². The van der Waals surface area contributed by atoms with Gasteiger partial charge in [-0.25, -0.2) is 0 Å². The first kappa shape index (κ1) is 15.5. The molecule has 0 aliphatic rings. The zero-order valence-electron chi connectivity index (χ0n) is 11.0. The lowest BCUT2D eigenvalue weighted by Crippen LogP contribution is -2.36. The summed E-state index contributed by atoms with van der Waals surface area (Å²) in [5.74, 6) is -1.32. The van der Waals surface area contributed by atoms with Gasteiger partial charge in [0, 0.05) is 23.8 Å². The number of amides is 1. The number of carboxylic acid groups (broad SMARTS) is 1. The fraction of sp³-hybridized carbons (Fsp3) is 0.462. The van der Waals surface area contributed by atoms with Gasteiger partial charge in [0.05, 0.1) is 11.7 Å². The SMILES string of the molecule is CC(C)C(CNC(=O)CSc1ccncc1)C(=O)O. The van der Waals surface area contributed by atoms with Gasteiger partial charge >= 0.3 is 5.97 Å². The second-order valence-corrected chi connectivity index (χ2v) is 5.51. The molecular formula is C13H18N2O3S. The van der Waals surface area contributed by atoms with Crippen LogP contribution in [0.4, 0.5) is 0 Å². The highest BCUT2D eigenvalue weighted by Gasteiger charge is 2.21. The third-order valence-corrected chi connectivity index (χ3v) is 3.67. The molecule has 1 unspecified atom stereocenters. The van der Waals surface area contributed by atoms with Gasteiger partial charge in [0.2, 0.25) is 5.91 Å². The minimum atomic E-state index is -0.878. The van der Waals surface area contributed by atoms with Crippen LogP contribution in [-0.4, -0.2) is 34.3 Å². The van der Waals surface area contributed by atoms with Crippen LogP contribution >= 0.6 is 11.8 Å². The predicted octanol–water partition coefficient (Wildman–Crippen LogP) is 1.65. The Labute approximate surface area is 116 Å². The fourth-order valence-corrected chi connectivity index (χ4v) is 2.18. The van der Waals surface area contributed by atoms with Crippen LogP contribution in [0.1, 0.15) is 13.8 Å². The van der Waals surface area contributed by atoms with Crippen LogP contribution in [0.2, 0.25) is 0 Å². The van der Waals surface area contributed by atoms with Crippen LogP contribution in [0.3, 0.4) is 0 Å². The summed E-state index contributed by atoms with van der Waals surface area (Å²) in [6, 6.07) is 3.65. The number of pyridine rings is 1. The van der Waals surface area contributed by atoms with Crippen molar-refractivity contribution in [3.8, 4) is 0 Å². The molecule has 5 nitrogen and oxygen atoms in total. The van der Waals surface area contributed by atoms with E-state index in [-0.39, 0.29) is 24.1 Å². The molecule has 2 N–H and O–H groups in total. The summed E-state index contributed by atoms with van der Waals surface area (Å²) >= 11 is 1.40. The number of carbonyl (C=O) groups is 2. The number of hydrogen-bond donors (Lipinski definition) is 2. The van der Waals surface area contributed by atoms with E-state index in [9.17, 15) is 9.59 Å². The Bertz CT molecular complexity index is 423. The first-order chi connectivity index (χ1) is 9.00. The zero-order chi connectivity index (χ0) is 14.3. The van der Waals surface area contributed by atoms with Crippen molar-refractivity contribution in [2.45, 2.75) is 18.7 Å². The van der Waals surface area contributed by atoms with Crippen molar-refractivity contribution in [2.75, 3.05) is 12.3 Å². The summed E-state index contributed by atoms with van der Waals surface area (Å²) in [4.78, 5) is 27.4. The Kier molecular flexibility index (Phi) is 6.35. The highest BCUT2D eigenvalue weighted by Crippen LogP contribution is 2.15. The van der Waals surface area contributed by atoms with Crippen LogP contribution in [-0.2, 0) is 9.59 Å². The molecule has 1 amide bonds. The summed E-state index contributed by atoms with van der Waals surface area (Å²) in [7, 11) is 0. The molecule has 1 aromatic rings. The van der Waals surface area contributed by atoms with Crippen molar-refractivity contribution in [1.82, 2.24) is 10.3 Å². The average Bonchev–Trinajstić information content (AvgIpc) is 2.37. The second kappa shape index (κ2) is 7.78. The van der Waals surface area contributed by atoms with E-state index in [4.69, 9.17) is 5.11 Å². The number of thioether (sulfide) groups is 1. The Morgan fingerprint density at radius 1 is 1.37 bits per heavy atom. The van der Waals surface area contributed by atoms with Gasteiger partial charge < -0.3 is 10.4 Å². The monoisotopic (exact) mass is 282 g/mol. The van der Waals surface area contributed by atoms with Gasteiger partial charge in [-0.2, -0.15) is 0 Å². The number of aromatic nitrogens is 1. The minimum Gasteiger partial charge on any atom is -0.481 e.